The van der Waals surface area contributed by atoms with Gasteiger partial charge in [0.25, 0.3) is 0 Å². The van der Waals surface area contributed by atoms with Crippen molar-refractivity contribution in [1.82, 2.24) is 10.0 Å². The molecule has 0 aliphatic heterocycles. The van der Waals surface area contributed by atoms with Crippen LogP contribution in [0.25, 0.3) is 0 Å². The Morgan fingerprint density at radius 2 is 2.00 bits per heavy atom. The fourth-order valence-electron chi connectivity index (χ4n) is 1.75. The Balaban J connectivity index is 2.86. The van der Waals surface area contributed by atoms with Crippen molar-refractivity contribution in [1.29, 1.82) is 0 Å². The van der Waals surface area contributed by atoms with E-state index in [0.717, 1.165) is 12.1 Å². The number of rotatable bonds is 7. The minimum absolute atomic E-state index is 0.0755. The van der Waals surface area contributed by atoms with E-state index >= 15 is 0 Å². The minimum Gasteiger partial charge on any atom is -0.326 e. The number of sulfonamides is 1. The standard InChI is InChI=1S/C13H20FN3O3S/c1-9(7-15-3)8-16-21(19,20)13-5-4-11(6-12(13)14)17-10(2)18/h4-6,9,15-16H,7-8H2,1-3H3,(H,17,18). The first-order valence-corrected chi connectivity index (χ1v) is 7.96. The van der Waals surface area contributed by atoms with Gasteiger partial charge in [-0.15, -0.1) is 0 Å². The van der Waals surface area contributed by atoms with Crippen molar-refractivity contribution in [2.45, 2.75) is 18.7 Å². The largest absolute Gasteiger partial charge is 0.326 e. The maximum Gasteiger partial charge on any atom is 0.243 e. The molecule has 118 valence electrons. The molecule has 0 aliphatic rings. The smallest absolute Gasteiger partial charge is 0.243 e. The van der Waals surface area contributed by atoms with Gasteiger partial charge in [-0.1, -0.05) is 6.92 Å². The van der Waals surface area contributed by atoms with Gasteiger partial charge in [-0.25, -0.2) is 17.5 Å². The summed E-state index contributed by atoms with van der Waals surface area (Å²) in [5.74, 6) is -1.19. The van der Waals surface area contributed by atoms with Gasteiger partial charge in [0, 0.05) is 19.2 Å². The maximum atomic E-state index is 13.9. The summed E-state index contributed by atoms with van der Waals surface area (Å²) in [6.07, 6.45) is 0. The number of nitrogens with one attached hydrogen (secondary N) is 3. The lowest BCUT2D eigenvalue weighted by Gasteiger charge is -2.13. The normalized spacial score (nSPS) is 13.0. The van der Waals surface area contributed by atoms with Crippen molar-refractivity contribution in [3.63, 3.8) is 0 Å². The summed E-state index contributed by atoms with van der Waals surface area (Å²) in [6, 6.07) is 3.45. The fraction of sp³-hybridized carbons (Fsp3) is 0.462. The van der Waals surface area contributed by atoms with E-state index in [1.54, 1.807) is 7.05 Å². The maximum absolute atomic E-state index is 13.9. The molecule has 1 aromatic carbocycles. The molecule has 0 bridgehead atoms. The molecule has 0 aliphatic carbocycles. The van der Waals surface area contributed by atoms with Crippen molar-refractivity contribution in [2.24, 2.45) is 5.92 Å². The van der Waals surface area contributed by atoms with Gasteiger partial charge < -0.3 is 10.6 Å². The second-order valence-corrected chi connectivity index (χ2v) is 6.58. The molecule has 1 unspecified atom stereocenters. The first-order valence-electron chi connectivity index (χ1n) is 6.47. The van der Waals surface area contributed by atoms with Crippen LogP contribution < -0.4 is 15.4 Å². The highest BCUT2D eigenvalue weighted by atomic mass is 32.2. The molecule has 21 heavy (non-hydrogen) atoms. The highest BCUT2D eigenvalue weighted by molar-refractivity contribution is 7.89. The zero-order valence-corrected chi connectivity index (χ0v) is 13.1. The highest BCUT2D eigenvalue weighted by Crippen LogP contribution is 2.19. The number of hydrogen-bond acceptors (Lipinski definition) is 4. The van der Waals surface area contributed by atoms with Crippen LogP contribution in [0, 0.1) is 11.7 Å². The third kappa shape index (κ3) is 5.41. The molecule has 3 N–H and O–H groups in total. The summed E-state index contributed by atoms with van der Waals surface area (Å²) < 4.78 is 40.3. The molecule has 0 fully saturated rings. The lowest BCUT2D eigenvalue weighted by molar-refractivity contribution is -0.114. The number of amides is 1. The molecule has 1 aromatic rings. The molecule has 0 aromatic heterocycles. The lowest BCUT2D eigenvalue weighted by Crippen LogP contribution is -2.32. The molecule has 0 radical (unpaired) electrons. The summed E-state index contributed by atoms with van der Waals surface area (Å²) in [7, 11) is -2.15. The van der Waals surface area contributed by atoms with Crippen LogP contribution in [0.2, 0.25) is 0 Å². The molecular formula is C13H20FN3O3S. The van der Waals surface area contributed by atoms with Crippen molar-refractivity contribution in [2.75, 3.05) is 25.5 Å². The van der Waals surface area contributed by atoms with Crippen LogP contribution in [0.5, 0.6) is 0 Å². The second kappa shape index (κ2) is 7.48. The Bertz CT molecular complexity index is 605. The van der Waals surface area contributed by atoms with Gasteiger partial charge in [-0.3, -0.25) is 4.79 Å². The molecule has 1 rings (SSSR count). The quantitative estimate of drug-likeness (QED) is 0.698. The minimum atomic E-state index is -3.92. The van der Waals surface area contributed by atoms with Crippen molar-refractivity contribution >= 4 is 21.6 Å². The number of anilines is 1. The molecule has 8 heteroatoms. The van der Waals surface area contributed by atoms with Gasteiger partial charge in [-0.2, -0.15) is 0 Å². The van der Waals surface area contributed by atoms with E-state index in [1.807, 2.05) is 6.92 Å². The van der Waals surface area contributed by atoms with Crippen LogP contribution in [0.4, 0.5) is 10.1 Å². The number of benzene rings is 1. The molecule has 1 atom stereocenters. The summed E-state index contributed by atoms with van der Waals surface area (Å²) in [6.45, 7) is 4.01. The van der Waals surface area contributed by atoms with Crippen molar-refractivity contribution < 1.29 is 17.6 Å². The van der Waals surface area contributed by atoms with E-state index in [2.05, 4.69) is 15.4 Å². The number of carbonyl (C=O) groups excluding carboxylic acids is 1. The number of halogens is 1. The number of carbonyl (C=O) groups is 1. The van der Waals surface area contributed by atoms with Gasteiger partial charge >= 0.3 is 0 Å². The first-order chi connectivity index (χ1) is 9.76. The van der Waals surface area contributed by atoms with Crippen LogP contribution in [0.3, 0.4) is 0 Å². The van der Waals surface area contributed by atoms with E-state index in [9.17, 15) is 17.6 Å². The third-order valence-corrected chi connectivity index (χ3v) is 4.17. The Labute approximate surface area is 124 Å². The molecule has 1 amide bonds. The van der Waals surface area contributed by atoms with Gasteiger partial charge in [0.1, 0.15) is 10.7 Å². The predicted molar refractivity (Wildman–Crippen MR) is 79.0 cm³/mol. The summed E-state index contributed by atoms with van der Waals surface area (Å²) in [5, 5.41) is 5.32. The first kappa shape index (κ1) is 17.5. The van der Waals surface area contributed by atoms with Gasteiger partial charge in [0.05, 0.1) is 0 Å². The topological polar surface area (TPSA) is 87.3 Å². The average Bonchev–Trinajstić information content (AvgIpc) is 2.36. The third-order valence-electron chi connectivity index (χ3n) is 2.72. The van der Waals surface area contributed by atoms with E-state index < -0.39 is 20.7 Å². The predicted octanol–water partition coefficient (Wildman–Crippen LogP) is 0.918. The van der Waals surface area contributed by atoms with Crippen LogP contribution in [-0.2, 0) is 14.8 Å². The average molecular weight is 317 g/mol. The Morgan fingerprint density at radius 3 is 2.52 bits per heavy atom. The summed E-state index contributed by atoms with van der Waals surface area (Å²) >= 11 is 0. The summed E-state index contributed by atoms with van der Waals surface area (Å²) in [4.78, 5) is 10.4. The number of hydrogen-bond donors (Lipinski definition) is 3. The Hall–Kier alpha value is -1.51. The molecule has 6 nitrogen and oxygen atoms in total. The van der Waals surface area contributed by atoms with Crippen LogP contribution in [-0.4, -0.2) is 34.5 Å². The molecular weight excluding hydrogens is 297 g/mol. The highest BCUT2D eigenvalue weighted by Gasteiger charge is 2.20. The monoisotopic (exact) mass is 317 g/mol. The van der Waals surface area contributed by atoms with E-state index in [4.69, 9.17) is 0 Å². The van der Waals surface area contributed by atoms with Crippen LogP contribution in [0.15, 0.2) is 23.1 Å². The zero-order valence-electron chi connectivity index (χ0n) is 12.2. The molecule has 0 spiro atoms. The zero-order chi connectivity index (χ0) is 16.0. The molecule has 0 saturated heterocycles. The summed E-state index contributed by atoms with van der Waals surface area (Å²) in [5.41, 5.74) is 0.211. The van der Waals surface area contributed by atoms with Crippen molar-refractivity contribution in [3.05, 3.63) is 24.0 Å². The molecule has 0 heterocycles. The van der Waals surface area contributed by atoms with Crippen LogP contribution >= 0.6 is 0 Å². The van der Waals surface area contributed by atoms with Crippen LogP contribution in [0.1, 0.15) is 13.8 Å². The molecule has 0 saturated carbocycles. The van der Waals surface area contributed by atoms with Crippen molar-refractivity contribution in [3.8, 4) is 0 Å². The fourth-order valence-corrected chi connectivity index (χ4v) is 2.97. The Morgan fingerprint density at radius 1 is 1.33 bits per heavy atom. The second-order valence-electron chi connectivity index (χ2n) is 4.84. The van der Waals surface area contributed by atoms with E-state index in [1.165, 1.54) is 13.0 Å². The van der Waals surface area contributed by atoms with E-state index in [-0.39, 0.29) is 24.1 Å². The lowest BCUT2D eigenvalue weighted by atomic mass is 10.2. The van der Waals surface area contributed by atoms with Gasteiger partial charge in [0.2, 0.25) is 15.9 Å². The SMILES string of the molecule is CNCC(C)CNS(=O)(=O)c1ccc(NC(C)=O)cc1F. The van der Waals surface area contributed by atoms with Gasteiger partial charge in [0.15, 0.2) is 0 Å². The van der Waals surface area contributed by atoms with Gasteiger partial charge in [-0.05, 0) is 37.7 Å². The van der Waals surface area contributed by atoms with E-state index in [0.29, 0.717) is 6.54 Å². The Kier molecular flexibility index (Phi) is 6.25.